The second-order valence-electron chi connectivity index (χ2n) is 5.71. The third-order valence-electron chi connectivity index (χ3n) is 2.81. The lowest BCUT2D eigenvalue weighted by molar-refractivity contribution is 0.360. The van der Waals surface area contributed by atoms with Crippen LogP contribution in [0.3, 0.4) is 0 Å². The number of hydrogen-bond donors (Lipinski definition) is 1. The van der Waals surface area contributed by atoms with Gasteiger partial charge in [0.05, 0.1) is 11.2 Å². The van der Waals surface area contributed by atoms with E-state index in [1.165, 1.54) is 0 Å². The van der Waals surface area contributed by atoms with Gasteiger partial charge in [-0.05, 0) is 39.8 Å². The number of hydrogen-bond acceptors (Lipinski definition) is 2. The fraction of sp³-hybridized carbons (Fsp3) is 0.333. The highest BCUT2D eigenvalue weighted by atomic mass is 79.9. The molecular weight excluding hydrogens is 334 g/mol. The second-order valence-corrected chi connectivity index (χ2v) is 7.04. The van der Waals surface area contributed by atoms with Crippen molar-refractivity contribution in [1.82, 2.24) is 9.78 Å². The lowest BCUT2D eigenvalue weighted by Gasteiger charge is -2.23. The molecule has 5 heteroatoms. The Kier molecular flexibility index (Phi) is 4.30. The molecule has 20 heavy (non-hydrogen) atoms. The molecule has 0 unspecified atom stereocenters. The molecule has 2 aromatic rings. The summed E-state index contributed by atoms with van der Waals surface area (Å²) in [4.78, 5) is 0.697. The molecule has 0 saturated carbocycles. The van der Waals surface area contributed by atoms with Crippen LogP contribution in [0.4, 0.5) is 5.82 Å². The van der Waals surface area contributed by atoms with Gasteiger partial charge in [0.1, 0.15) is 10.8 Å². The monoisotopic (exact) mass is 351 g/mol. The van der Waals surface area contributed by atoms with Crippen LogP contribution in [0.2, 0.25) is 0 Å². The maximum atomic E-state index is 5.47. The maximum absolute atomic E-state index is 5.47. The fourth-order valence-electron chi connectivity index (χ4n) is 1.89. The van der Waals surface area contributed by atoms with Gasteiger partial charge in [-0.3, -0.25) is 0 Å². The summed E-state index contributed by atoms with van der Waals surface area (Å²) in [5.41, 5.74) is 1.87. The Morgan fingerprint density at radius 2 is 1.85 bits per heavy atom. The Labute approximate surface area is 133 Å². The van der Waals surface area contributed by atoms with Gasteiger partial charge in [-0.15, -0.1) is 0 Å². The number of aromatic nitrogens is 2. The quantitative estimate of drug-likeness (QED) is 0.808. The first-order valence-electron chi connectivity index (χ1n) is 6.41. The topological polar surface area (TPSA) is 29.9 Å². The molecule has 0 aliphatic carbocycles. The van der Waals surface area contributed by atoms with Gasteiger partial charge in [0.2, 0.25) is 0 Å². The van der Waals surface area contributed by atoms with Gasteiger partial charge in [-0.2, -0.15) is 5.10 Å². The molecule has 2 rings (SSSR count). The molecule has 0 atom stereocenters. The summed E-state index contributed by atoms with van der Waals surface area (Å²) < 4.78 is 3.01. The van der Waals surface area contributed by atoms with Gasteiger partial charge < -0.3 is 5.32 Å². The summed E-state index contributed by atoms with van der Waals surface area (Å²) in [6, 6.07) is 9.95. The van der Waals surface area contributed by atoms with Gasteiger partial charge >= 0.3 is 0 Å². The predicted molar refractivity (Wildman–Crippen MR) is 91.4 cm³/mol. The van der Waals surface area contributed by atoms with Gasteiger partial charge in [-0.25, -0.2) is 4.68 Å². The van der Waals surface area contributed by atoms with Crippen molar-refractivity contribution in [2.45, 2.75) is 33.2 Å². The van der Waals surface area contributed by atoms with Crippen molar-refractivity contribution >= 4 is 39.0 Å². The van der Waals surface area contributed by atoms with E-state index < -0.39 is 0 Å². The highest BCUT2D eigenvalue weighted by Crippen LogP contribution is 2.22. The van der Waals surface area contributed by atoms with E-state index in [9.17, 15) is 0 Å². The molecule has 1 heterocycles. The van der Waals surface area contributed by atoms with Crippen LogP contribution in [-0.4, -0.2) is 14.8 Å². The van der Waals surface area contributed by atoms with E-state index in [2.05, 4.69) is 47.1 Å². The Hall–Kier alpha value is -1.20. The Morgan fingerprint density at radius 3 is 2.40 bits per heavy atom. The number of rotatable bonds is 2. The van der Waals surface area contributed by atoms with E-state index in [1.807, 2.05) is 41.9 Å². The van der Waals surface area contributed by atoms with E-state index in [1.54, 1.807) is 0 Å². The number of aryl methyl sites for hydroxylation is 1. The van der Waals surface area contributed by atoms with Crippen LogP contribution in [0.15, 0.2) is 34.8 Å². The molecule has 0 aliphatic heterocycles. The van der Waals surface area contributed by atoms with Crippen molar-refractivity contribution < 1.29 is 0 Å². The average molecular weight is 352 g/mol. The zero-order chi connectivity index (χ0) is 14.9. The minimum atomic E-state index is -0.0913. The highest BCUT2D eigenvalue weighted by molar-refractivity contribution is 9.10. The molecule has 0 radical (unpaired) electrons. The molecule has 0 amide bonds. The third kappa shape index (κ3) is 3.46. The maximum Gasteiger partial charge on any atom is 0.130 e. The summed E-state index contributed by atoms with van der Waals surface area (Å²) in [6.45, 7) is 8.34. The van der Waals surface area contributed by atoms with Crippen molar-refractivity contribution in [2.24, 2.45) is 0 Å². The third-order valence-corrected chi connectivity index (χ3v) is 3.68. The smallest absolute Gasteiger partial charge is 0.130 e. The van der Waals surface area contributed by atoms with E-state index in [0.717, 1.165) is 21.5 Å². The van der Waals surface area contributed by atoms with Crippen LogP contribution >= 0.6 is 28.1 Å². The minimum Gasteiger partial charge on any atom is -0.331 e. The van der Waals surface area contributed by atoms with Crippen LogP contribution in [-0.2, 0) is 5.54 Å². The molecule has 0 spiro atoms. The molecule has 1 aromatic carbocycles. The first-order valence-corrected chi connectivity index (χ1v) is 7.61. The number of halogens is 1. The van der Waals surface area contributed by atoms with Crippen molar-refractivity contribution in [3.63, 3.8) is 0 Å². The van der Waals surface area contributed by atoms with Gasteiger partial charge in [0.15, 0.2) is 0 Å². The standard InChI is InChI=1S/C15H18BrN3S/c1-10-9-13(19(18-10)15(2,3)4)17-14(20)11-5-7-12(16)8-6-11/h5-9H,1-4H3,(H,17,20). The van der Waals surface area contributed by atoms with E-state index in [-0.39, 0.29) is 5.54 Å². The Morgan fingerprint density at radius 1 is 1.25 bits per heavy atom. The number of benzene rings is 1. The molecule has 106 valence electrons. The first-order chi connectivity index (χ1) is 9.27. The SMILES string of the molecule is Cc1cc(NC(=S)c2ccc(Br)cc2)n(C(C)(C)C)n1. The molecule has 3 nitrogen and oxygen atoms in total. The number of nitrogens with zero attached hydrogens (tertiary/aromatic N) is 2. The van der Waals surface area contributed by atoms with Crippen molar-refractivity contribution in [2.75, 3.05) is 5.32 Å². The summed E-state index contributed by atoms with van der Waals surface area (Å²) in [5, 5.41) is 7.82. The van der Waals surface area contributed by atoms with Crippen molar-refractivity contribution in [1.29, 1.82) is 0 Å². The Bertz CT molecular complexity index is 624. The number of anilines is 1. The van der Waals surface area contributed by atoms with Crippen LogP contribution in [0.25, 0.3) is 0 Å². The molecule has 1 N–H and O–H groups in total. The number of thiocarbonyl (C=S) groups is 1. The van der Waals surface area contributed by atoms with Crippen LogP contribution in [0.1, 0.15) is 32.0 Å². The molecule has 0 bridgehead atoms. The van der Waals surface area contributed by atoms with E-state index >= 15 is 0 Å². The predicted octanol–water partition coefficient (Wildman–Crippen LogP) is 4.50. The van der Waals surface area contributed by atoms with E-state index in [0.29, 0.717) is 4.99 Å². The highest BCUT2D eigenvalue weighted by Gasteiger charge is 2.19. The molecule has 1 aromatic heterocycles. The van der Waals surface area contributed by atoms with Gasteiger partial charge in [-0.1, -0.05) is 40.3 Å². The normalized spacial score (nSPS) is 11.4. The van der Waals surface area contributed by atoms with Crippen molar-refractivity contribution in [3.05, 3.63) is 46.1 Å². The molecular formula is C15H18BrN3S. The second kappa shape index (κ2) is 5.66. The fourth-order valence-corrected chi connectivity index (χ4v) is 2.39. The van der Waals surface area contributed by atoms with Crippen molar-refractivity contribution in [3.8, 4) is 0 Å². The van der Waals surface area contributed by atoms with Gasteiger partial charge in [0.25, 0.3) is 0 Å². The lowest BCUT2D eigenvalue weighted by Crippen LogP contribution is -2.26. The minimum absolute atomic E-state index is 0.0913. The zero-order valence-electron chi connectivity index (χ0n) is 12.1. The summed E-state index contributed by atoms with van der Waals surface area (Å²) >= 11 is 8.89. The molecule has 0 fully saturated rings. The number of nitrogens with one attached hydrogen (secondary N) is 1. The summed E-state index contributed by atoms with van der Waals surface area (Å²) in [6.07, 6.45) is 0. The largest absolute Gasteiger partial charge is 0.331 e. The summed E-state index contributed by atoms with van der Waals surface area (Å²) in [5.74, 6) is 0.919. The van der Waals surface area contributed by atoms with Crippen LogP contribution in [0, 0.1) is 6.92 Å². The van der Waals surface area contributed by atoms with Crippen LogP contribution in [0.5, 0.6) is 0 Å². The molecule has 0 saturated heterocycles. The summed E-state index contributed by atoms with van der Waals surface area (Å²) in [7, 11) is 0. The van der Waals surface area contributed by atoms with E-state index in [4.69, 9.17) is 12.2 Å². The molecule has 0 aliphatic rings. The zero-order valence-corrected chi connectivity index (χ0v) is 14.5. The first kappa shape index (κ1) is 15.2. The Balaban J connectivity index is 2.26. The van der Waals surface area contributed by atoms with Gasteiger partial charge in [0, 0.05) is 16.1 Å². The lowest BCUT2D eigenvalue weighted by atomic mass is 10.1. The average Bonchev–Trinajstić information content (AvgIpc) is 2.71. The van der Waals surface area contributed by atoms with Crippen LogP contribution < -0.4 is 5.32 Å².